The molecule has 2 aromatic carbocycles. The number of anilines is 1. The van der Waals surface area contributed by atoms with E-state index in [0.29, 0.717) is 30.0 Å². The van der Waals surface area contributed by atoms with E-state index in [1.54, 1.807) is 4.74 Å². The Morgan fingerprint density at radius 2 is 0.676 bits per heavy atom. The Morgan fingerprint density at radius 1 is 0.397 bits per heavy atom. The zero-order chi connectivity index (χ0) is 53.8. The second-order valence-corrected chi connectivity index (χ2v) is 12.4. The predicted molar refractivity (Wildman–Crippen MR) is 152 cm³/mol. The maximum atomic E-state index is 14.1. The van der Waals surface area contributed by atoms with Gasteiger partial charge < -0.3 is 14.8 Å². The maximum absolute atomic E-state index is 14.1. The summed E-state index contributed by atoms with van der Waals surface area (Å²) in [4.78, 5) is 24.3. The van der Waals surface area contributed by atoms with Crippen LogP contribution in [0, 0.1) is 0 Å². The van der Waals surface area contributed by atoms with Crippen LogP contribution in [0.1, 0.15) is 20.7 Å². The highest BCUT2D eigenvalue weighted by molar-refractivity contribution is 5.94. The van der Waals surface area contributed by atoms with Crippen molar-refractivity contribution in [2.75, 3.05) is 19.0 Å². The molecule has 390 valence electrons. The van der Waals surface area contributed by atoms with Crippen molar-refractivity contribution in [1.29, 1.82) is 0 Å². The molecule has 0 heterocycles. The third-order valence-corrected chi connectivity index (χ3v) is 7.46. The number of benzene rings is 2. The van der Waals surface area contributed by atoms with Crippen LogP contribution in [0.2, 0.25) is 0 Å². The van der Waals surface area contributed by atoms with Crippen molar-refractivity contribution < 1.29 is 165 Å². The zero-order valence-corrected chi connectivity index (χ0v) is 31.1. The van der Waals surface area contributed by atoms with Crippen LogP contribution in [-0.4, -0.2) is 110 Å². The summed E-state index contributed by atoms with van der Waals surface area (Å²) in [6, 6.07) is 7.75. The number of nitrogens with one attached hydrogen (secondary N) is 1. The molecule has 2 aromatic rings. The fourth-order valence-electron chi connectivity index (χ4n) is 3.76. The summed E-state index contributed by atoms with van der Waals surface area (Å²) in [5, 5.41) is 2.71. The first-order valence-electron chi connectivity index (χ1n) is 15.9. The molecule has 0 bridgehead atoms. The monoisotopic (exact) mass is 1070 g/mol. The second-order valence-electron chi connectivity index (χ2n) is 12.4. The number of hydrogen-bond acceptors (Lipinski definition) is 9. The second kappa shape index (κ2) is 18.1. The van der Waals surface area contributed by atoms with Gasteiger partial charge in [-0.1, -0.05) is 0 Å². The van der Waals surface area contributed by atoms with Crippen molar-refractivity contribution in [2.45, 2.75) is 84.7 Å². The van der Waals surface area contributed by atoms with Crippen LogP contribution in [0.5, 0.6) is 5.75 Å². The minimum Gasteiger partial charge on any atom is -0.455 e. The Bertz CT molecular complexity index is 2090. The first-order chi connectivity index (χ1) is 29.9. The van der Waals surface area contributed by atoms with Gasteiger partial charge >= 0.3 is 96.6 Å². The topological polar surface area (TPSA) is 102 Å². The fraction of sp³-hybridized carbons (Fsp3) is 0.533. The van der Waals surface area contributed by atoms with Gasteiger partial charge in [0.25, 0.3) is 0 Å². The normalized spacial score (nSPS) is 15.0. The van der Waals surface area contributed by atoms with Crippen molar-refractivity contribution in [2.24, 2.45) is 0 Å². The Labute approximate surface area is 352 Å². The van der Waals surface area contributed by atoms with E-state index in [0.717, 1.165) is 14.2 Å². The molecule has 0 aliphatic carbocycles. The number of esters is 2. The van der Waals surface area contributed by atoms with Crippen molar-refractivity contribution in [1.82, 2.24) is 0 Å². The molecule has 38 heteroatoms. The quantitative estimate of drug-likeness (QED) is 0.0702. The molecule has 0 saturated heterocycles. The van der Waals surface area contributed by atoms with E-state index >= 15 is 0 Å². The minimum absolute atomic E-state index is 0.0754. The summed E-state index contributed by atoms with van der Waals surface area (Å²) in [6.07, 6.45) is -75.4. The zero-order valence-electron chi connectivity index (χ0n) is 31.1. The summed E-state index contributed by atoms with van der Waals surface area (Å²) < 4.78 is 405. The molecular weight excluding hydrogens is 1050 g/mol. The molecule has 0 atom stereocenters. The first-order valence-corrected chi connectivity index (χ1v) is 15.9. The molecule has 0 spiro atoms. The van der Waals surface area contributed by atoms with Gasteiger partial charge in [0.1, 0.15) is 5.75 Å². The Balaban J connectivity index is 2.28. The average molecular weight is 1070 g/mol. The van der Waals surface area contributed by atoms with E-state index in [1.165, 1.54) is 31.3 Å². The molecule has 0 aliphatic heterocycles. The molecule has 68 heavy (non-hydrogen) atoms. The summed E-state index contributed by atoms with van der Waals surface area (Å²) in [5.74, 6) is -44.8. The van der Waals surface area contributed by atoms with Crippen molar-refractivity contribution in [3.05, 3.63) is 59.7 Å². The first kappa shape index (κ1) is 59.1. The lowest BCUT2D eigenvalue weighted by molar-refractivity contribution is -0.567. The standard InChI is InChI=1S/C30H14F29NO8/c1-60-13-6-8-14(9-7-13)64-16(62)12-4-2-11(3-5-12)15(61)63-10-17(31,32)23(44,45)65-25(48,49)19(35,36)27(52,53)67-29(56,57)21(39,40)30(58,59)68-28(54,55)20(37,38)26(50,51)66-24(46,47)18(33,34)22(41,42)43/h2-9,60H,10H2,1H3. The third kappa shape index (κ3) is 11.2. The van der Waals surface area contributed by atoms with E-state index in [-0.39, 0.29) is 5.75 Å². The number of carbonyl (C=O) groups excluding carboxylic acids is 2. The maximum Gasteiger partial charge on any atom is 0.462 e. The average Bonchev–Trinajstić information content (AvgIpc) is 3.14. The molecule has 9 nitrogen and oxygen atoms in total. The summed E-state index contributed by atoms with van der Waals surface area (Å²) in [6.45, 7) is -3.33. The number of halogens is 29. The molecule has 2 rings (SSSR count). The summed E-state index contributed by atoms with van der Waals surface area (Å²) in [7, 11) is 1.52. The fourth-order valence-corrected chi connectivity index (χ4v) is 3.76. The molecular formula is C30H14F29NO8. The lowest BCUT2D eigenvalue weighted by Crippen LogP contribution is -2.67. The van der Waals surface area contributed by atoms with Gasteiger partial charge in [0.15, 0.2) is 6.61 Å². The lowest BCUT2D eigenvalue weighted by atomic mass is 10.1. The third-order valence-electron chi connectivity index (χ3n) is 7.46. The van der Waals surface area contributed by atoms with Crippen LogP contribution in [0.4, 0.5) is 133 Å². The number of ether oxygens (including phenoxy) is 6. The van der Waals surface area contributed by atoms with E-state index < -0.39 is 114 Å². The van der Waals surface area contributed by atoms with Crippen LogP contribution >= 0.6 is 0 Å². The molecule has 0 fully saturated rings. The van der Waals surface area contributed by atoms with Gasteiger partial charge in [0.05, 0.1) is 11.1 Å². The molecule has 0 saturated carbocycles. The molecule has 0 amide bonds. The number of rotatable bonds is 22. The van der Waals surface area contributed by atoms with Crippen LogP contribution in [0.15, 0.2) is 48.5 Å². The van der Waals surface area contributed by atoms with Crippen LogP contribution < -0.4 is 10.1 Å². The Hall–Kier alpha value is -5.01. The highest BCUT2D eigenvalue weighted by Crippen LogP contribution is 2.59. The van der Waals surface area contributed by atoms with Crippen LogP contribution in [-0.2, 0) is 23.7 Å². The number of alkyl halides is 29. The summed E-state index contributed by atoms with van der Waals surface area (Å²) in [5.41, 5.74) is -0.886. The molecule has 0 aliphatic rings. The van der Waals surface area contributed by atoms with Gasteiger partial charge in [-0.05, 0) is 48.5 Å². The molecule has 1 N–H and O–H groups in total. The van der Waals surface area contributed by atoms with Gasteiger partial charge in [-0.25, -0.2) is 28.5 Å². The predicted octanol–water partition coefficient (Wildman–Crippen LogP) is 11.7. The SMILES string of the molecule is CNc1ccc(OC(=O)c2ccc(C(=O)OCC(F)(F)C(F)(F)OC(F)(F)C(F)(F)C(F)(F)OC(F)(F)C(F)(F)C(F)(F)OC(F)(F)C(F)(F)C(F)(F)OC(F)(F)C(F)(F)C(F)(F)F)cc2)cc1. The van der Waals surface area contributed by atoms with E-state index in [1.807, 2.05) is 0 Å². The van der Waals surface area contributed by atoms with Gasteiger partial charge in [0.2, 0.25) is 0 Å². The smallest absolute Gasteiger partial charge is 0.455 e. The largest absolute Gasteiger partial charge is 0.462 e. The number of hydrogen-bond donors (Lipinski definition) is 1. The van der Waals surface area contributed by atoms with Gasteiger partial charge in [-0.3, -0.25) is 0 Å². The van der Waals surface area contributed by atoms with Gasteiger partial charge in [0, 0.05) is 12.7 Å². The molecule has 0 unspecified atom stereocenters. The van der Waals surface area contributed by atoms with E-state index in [2.05, 4.69) is 10.1 Å². The van der Waals surface area contributed by atoms with E-state index in [4.69, 9.17) is 4.74 Å². The van der Waals surface area contributed by atoms with Crippen molar-refractivity contribution >= 4 is 17.6 Å². The summed E-state index contributed by atoms with van der Waals surface area (Å²) >= 11 is 0. The Morgan fingerprint density at radius 3 is 0.971 bits per heavy atom. The van der Waals surface area contributed by atoms with Gasteiger partial charge in [-0.2, -0.15) is 127 Å². The highest BCUT2D eigenvalue weighted by Gasteiger charge is 2.87. The van der Waals surface area contributed by atoms with Crippen molar-refractivity contribution in [3.63, 3.8) is 0 Å². The van der Waals surface area contributed by atoms with Crippen LogP contribution in [0.3, 0.4) is 0 Å². The van der Waals surface area contributed by atoms with Crippen molar-refractivity contribution in [3.8, 4) is 5.75 Å². The molecule has 0 radical (unpaired) electrons. The highest BCUT2D eigenvalue weighted by atomic mass is 19.4. The molecule has 0 aromatic heterocycles. The Kier molecular flexibility index (Phi) is 15.7. The number of carbonyl (C=O) groups is 2. The lowest BCUT2D eigenvalue weighted by Gasteiger charge is -2.39. The van der Waals surface area contributed by atoms with Gasteiger partial charge in [-0.15, -0.1) is 0 Å². The van der Waals surface area contributed by atoms with Crippen LogP contribution in [0.25, 0.3) is 0 Å². The van der Waals surface area contributed by atoms with E-state index in [9.17, 15) is 137 Å². The minimum atomic E-state index is -8.98.